The molecule has 1 heterocycles. The number of aliphatic hydroxyl groups excluding tert-OH is 1. The second kappa shape index (κ2) is 5.29. The molecule has 0 radical (unpaired) electrons. The van der Waals surface area contributed by atoms with Crippen molar-refractivity contribution in [3.8, 4) is 0 Å². The summed E-state index contributed by atoms with van der Waals surface area (Å²) >= 11 is 5.13. The molecule has 0 aromatic carbocycles. The Balaban J connectivity index is 2.52. The summed E-state index contributed by atoms with van der Waals surface area (Å²) in [5.74, 6) is 0.893. The van der Waals surface area contributed by atoms with Gasteiger partial charge in [-0.05, 0) is 39.9 Å². The SMILES string of the molecule is CC(C)C(C)C(O)Cc1ccc(Br)s1. The van der Waals surface area contributed by atoms with Crippen molar-refractivity contribution >= 4 is 27.3 Å². The summed E-state index contributed by atoms with van der Waals surface area (Å²) in [6.45, 7) is 6.41. The van der Waals surface area contributed by atoms with Crippen LogP contribution in [0.15, 0.2) is 15.9 Å². The van der Waals surface area contributed by atoms with Gasteiger partial charge in [0.1, 0.15) is 0 Å². The first-order valence-electron chi connectivity index (χ1n) is 4.93. The molecule has 1 nitrogen and oxygen atoms in total. The van der Waals surface area contributed by atoms with Gasteiger partial charge >= 0.3 is 0 Å². The van der Waals surface area contributed by atoms with Crippen LogP contribution in [0.2, 0.25) is 0 Å². The third-order valence-corrected chi connectivity index (χ3v) is 4.34. The van der Waals surface area contributed by atoms with Gasteiger partial charge in [0.15, 0.2) is 0 Å². The third kappa shape index (κ3) is 3.37. The Morgan fingerprint density at radius 2 is 2.00 bits per heavy atom. The normalized spacial score (nSPS) is 15.9. The van der Waals surface area contributed by atoms with Crippen LogP contribution >= 0.6 is 27.3 Å². The fourth-order valence-electron chi connectivity index (χ4n) is 1.30. The first-order chi connectivity index (χ1) is 6.50. The van der Waals surface area contributed by atoms with Gasteiger partial charge in [-0.2, -0.15) is 0 Å². The van der Waals surface area contributed by atoms with Gasteiger partial charge < -0.3 is 5.11 Å². The van der Waals surface area contributed by atoms with Gasteiger partial charge in [0, 0.05) is 11.3 Å². The molecular weight excluding hydrogens is 260 g/mol. The van der Waals surface area contributed by atoms with Crippen LogP contribution in [-0.4, -0.2) is 11.2 Å². The molecule has 3 heteroatoms. The van der Waals surface area contributed by atoms with Crippen molar-refractivity contribution in [1.82, 2.24) is 0 Å². The molecule has 2 atom stereocenters. The summed E-state index contributed by atoms with van der Waals surface area (Å²) in [7, 11) is 0. The Labute approximate surface area is 98.3 Å². The predicted molar refractivity (Wildman–Crippen MR) is 65.7 cm³/mol. The summed E-state index contributed by atoms with van der Waals surface area (Å²) in [5, 5.41) is 9.94. The van der Waals surface area contributed by atoms with Crippen molar-refractivity contribution in [3.05, 3.63) is 20.8 Å². The van der Waals surface area contributed by atoms with E-state index in [9.17, 15) is 5.11 Å². The lowest BCUT2D eigenvalue weighted by molar-refractivity contribution is 0.0929. The van der Waals surface area contributed by atoms with E-state index in [0.717, 1.165) is 10.2 Å². The van der Waals surface area contributed by atoms with Gasteiger partial charge in [-0.15, -0.1) is 11.3 Å². The van der Waals surface area contributed by atoms with E-state index in [1.165, 1.54) is 4.88 Å². The number of hydrogen-bond acceptors (Lipinski definition) is 2. The second-order valence-electron chi connectivity index (χ2n) is 4.08. The molecule has 14 heavy (non-hydrogen) atoms. The van der Waals surface area contributed by atoms with Crippen LogP contribution in [0.3, 0.4) is 0 Å². The van der Waals surface area contributed by atoms with Crippen molar-refractivity contribution in [2.75, 3.05) is 0 Å². The fourth-order valence-corrected chi connectivity index (χ4v) is 2.83. The maximum Gasteiger partial charge on any atom is 0.0701 e. The molecule has 0 spiro atoms. The molecule has 0 aliphatic heterocycles. The highest BCUT2D eigenvalue weighted by molar-refractivity contribution is 9.11. The molecule has 80 valence electrons. The highest BCUT2D eigenvalue weighted by atomic mass is 79.9. The van der Waals surface area contributed by atoms with Gasteiger partial charge in [-0.1, -0.05) is 20.8 Å². The van der Waals surface area contributed by atoms with E-state index in [4.69, 9.17) is 0 Å². The maximum atomic E-state index is 9.94. The van der Waals surface area contributed by atoms with Crippen molar-refractivity contribution in [1.29, 1.82) is 0 Å². The molecule has 1 aromatic rings. The van der Waals surface area contributed by atoms with E-state index in [1.807, 2.05) is 6.07 Å². The third-order valence-electron chi connectivity index (χ3n) is 2.70. The maximum absolute atomic E-state index is 9.94. The number of rotatable bonds is 4. The minimum Gasteiger partial charge on any atom is -0.392 e. The van der Waals surface area contributed by atoms with Gasteiger partial charge in [-0.25, -0.2) is 0 Å². The number of hydrogen-bond donors (Lipinski definition) is 1. The molecule has 2 unspecified atom stereocenters. The van der Waals surface area contributed by atoms with Crippen molar-refractivity contribution in [2.45, 2.75) is 33.3 Å². The summed E-state index contributed by atoms with van der Waals surface area (Å²) in [6, 6.07) is 4.11. The van der Waals surface area contributed by atoms with Crippen LogP contribution in [0.4, 0.5) is 0 Å². The molecule has 0 bridgehead atoms. The Bertz CT molecular complexity index is 283. The summed E-state index contributed by atoms with van der Waals surface area (Å²) in [6.07, 6.45) is 0.552. The van der Waals surface area contributed by atoms with Crippen LogP contribution < -0.4 is 0 Å². The van der Waals surface area contributed by atoms with Gasteiger partial charge in [0.2, 0.25) is 0 Å². The monoisotopic (exact) mass is 276 g/mol. The Morgan fingerprint density at radius 3 is 2.43 bits per heavy atom. The van der Waals surface area contributed by atoms with E-state index < -0.39 is 0 Å². The number of halogens is 1. The Hall–Kier alpha value is 0.140. The molecule has 0 saturated heterocycles. The molecule has 0 aliphatic rings. The standard InChI is InChI=1S/C11H17BrOS/c1-7(2)8(3)10(13)6-9-4-5-11(12)14-9/h4-5,7-8,10,13H,6H2,1-3H3. The zero-order valence-electron chi connectivity index (χ0n) is 8.83. The van der Waals surface area contributed by atoms with Gasteiger partial charge in [0.25, 0.3) is 0 Å². The van der Waals surface area contributed by atoms with E-state index in [1.54, 1.807) is 11.3 Å². The van der Waals surface area contributed by atoms with E-state index >= 15 is 0 Å². The van der Waals surface area contributed by atoms with Gasteiger partial charge in [0.05, 0.1) is 9.89 Å². The first kappa shape index (κ1) is 12.2. The van der Waals surface area contributed by atoms with E-state index in [0.29, 0.717) is 11.8 Å². The van der Waals surface area contributed by atoms with Crippen LogP contribution in [0.5, 0.6) is 0 Å². The summed E-state index contributed by atoms with van der Waals surface area (Å²) in [4.78, 5) is 1.25. The van der Waals surface area contributed by atoms with Gasteiger partial charge in [-0.3, -0.25) is 0 Å². The smallest absolute Gasteiger partial charge is 0.0701 e. The average molecular weight is 277 g/mol. The van der Waals surface area contributed by atoms with Crippen LogP contribution in [0.25, 0.3) is 0 Å². The molecule has 0 aliphatic carbocycles. The lowest BCUT2D eigenvalue weighted by Crippen LogP contribution is -2.24. The van der Waals surface area contributed by atoms with Crippen molar-refractivity contribution in [2.24, 2.45) is 11.8 Å². The zero-order valence-corrected chi connectivity index (χ0v) is 11.2. The average Bonchev–Trinajstić information content (AvgIpc) is 2.49. The summed E-state index contributed by atoms with van der Waals surface area (Å²) in [5.41, 5.74) is 0. The Morgan fingerprint density at radius 1 is 1.36 bits per heavy atom. The molecule has 0 fully saturated rings. The fraction of sp³-hybridized carbons (Fsp3) is 0.636. The lowest BCUT2D eigenvalue weighted by Gasteiger charge is -2.21. The van der Waals surface area contributed by atoms with Crippen molar-refractivity contribution in [3.63, 3.8) is 0 Å². The molecular formula is C11H17BrOS. The molecule has 0 amide bonds. The highest BCUT2D eigenvalue weighted by Crippen LogP contribution is 2.25. The van der Waals surface area contributed by atoms with E-state index in [-0.39, 0.29) is 6.10 Å². The van der Waals surface area contributed by atoms with Crippen LogP contribution in [-0.2, 0) is 6.42 Å². The molecule has 1 rings (SSSR count). The van der Waals surface area contributed by atoms with Crippen LogP contribution in [0.1, 0.15) is 25.6 Å². The van der Waals surface area contributed by atoms with Crippen molar-refractivity contribution < 1.29 is 5.11 Å². The predicted octanol–water partition coefficient (Wildman–Crippen LogP) is 3.71. The molecule has 1 aromatic heterocycles. The quantitative estimate of drug-likeness (QED) is 0.889. The topological polar surface area (TPSA) is 20.2 Å². The zero-order chi connectivity index (χ0) is 10.7. The lowest BCUT2D eigenvalue weighted by atomic mass is 9.90. The van der Waals surface area contributed by atoms with Crippen LogP contribution in [0, 0.1) is 11.8 Å². The minimum absolute atomic E-state index is 0.222. The first-order valence-corrected chi connectivity index (χ1v) is 6.54. The highest BCUT2D eigenvalue weighted by Gasteiger charge is 2.18. The minimum atomic E-state index is -0.222. The molecule has 0 saturated carbocycles. The number of aliphatic hydroxyl groups is 1. The largest absolute Gasteiger partial charge is 0.392 e. The number of thiophene rings is 1. The second-order valence-corrected chi connectivity index (χ2v) is 6.63. The Kier molecular flexibility index (Phi) is 4.61. The summed E-state index contributed by atoms with van der Waals surface area (Å²) < 4.78 is 1.14. The molecule has 1 N–H and O–H groups in total. The van der Waals surface area contributed by atoms with E-state index in [2.05, 4.69) is 42.8 Å².